The van der Waals surface area contributed by atoms with Gasteiger partial charge in [0, 0.05) is 24.8 Å². The summed E-state index contributed by atoms with van der Waals surface area (Å²) < 4.78 is 5.19. The number of rotatable bonds is 4. The number of fused-ring (bicyclic) bond motifs is 1. The molecular weight excluding hydrogens is 318 g/mol. The topological polar surface area (TPSA) is 75.5 Å². The molecule has 0 unspecified atom stereocenters. The lowest BCUT2D eigenvalue weighted by Crippen LogP contribution is -2.36. The fourth-order valence-electron chi connectivity index (χ4n) is 4.21. The molecule has 1 aromatic carbocycles. The minimum atomic E-state index is -0.677. The minimum Gasteiger partial charge on any atom is -0.497 e. The van der Waals surface area contributed by atoms with E-state index in [0.717, 1.165) is 42.8 Å². The van der Waals surface area contributed by atoms with Gasteiger partial charge >= 0.3 is 5.97 Å². The summed E-state index contributed by atoms with van der Waals surface area (Å²) in [5.74, 6) is 0.930. The number of carbonyl (C=O) groups is 1. The highest BCUT2D eigenvalue weighted by Crippen LogP contribution is 2.49. The summed E-state index contributed by atoms with van der Waals surface area (Å²) in [7, 11) is 1.64. The van der Waals surface area contributed by atoms with E-state index in [9.17, 15) is 9.90 Å². The van der Waals surface area contributed by atoms with E-state index in [0.29, 0.717) is 12.5 Å². The molecule has 25 heavy (non-hydrogen) atoms. The number of methoxy groups -OCH3 is 1. The molecule has 2 aliphatic rings. The van der Waals surface area contributed by atoms with Gasteiger partial charge in [-0.2, -0.15) is 0 Å². The van der Waals surface area contributed by atoms with Crippen molar-refractivity contribution in [2.75, 3.05) is 25.1 Å². The second-order valence-electron chi connectivity index (χ2n) is 6.90. The SMILES string of the molecule is COc1ccc(-c2ccnc(N3C[C@@H]4CCC[C@@]4(C(=O)O)C3)n2)cc1. The molecule has 1 saturated heterocycles. The van der Waals surface area contributed by atoms with Crippen molar-refractivity contribution in [2.45, 2.75) is 19.3 Å². The van der Waals surface area contributed by atoms with Crippen LogP contribution >= 0.6 is 0 Å². The largest absolute Gasteiger partial charge is 0.497 e. The zero-order valence-corrected chi connectivity index (χ0v) is 14.2. The first kappa shape index (κ1) is 15.9. The van der Waals surface area contributed by atoms with E-state index in [2.05, 4.69) is 9.97 Å². The van der Waals surface area contributed by atoms with Crippen molar-refractivity contribution in [3.05, 3.63) is 36.5 Å². The lowest BCUT2D eigenvalue weighted by molar-refractivity contribution is -0.149. The molecule has 0 amide bonds. The first-order valence-electron chi connectivity index (χ1n) is 8.58. The van der Waals surface area contributed by atoms with Crippen LogP contribution in [0.1, 0.15) is 19.3 Å². The number of hydrogen-bond acceptors (Lipinski definition) is 5. The number of ether oxygens (including phenoxy) is 1. The van der Waals surface area contributed by atoms with Crippen molar-refractivity contribution in [1.82, 2.24) is 9.97 Å². The van der Waals surface area contributed by atoms with Crippen LogP contribution in [-0.2, 0) is 4.79 Å². The molecule has 6 heteroatoms. The summed E-state index contributed by atoms with van der Waals surface area (Å²) in [5, 5.41) is 9.74. The standard InChI is InChI=1S/C19H21N3O3/c1-25-15-6-4-13(5-7-15)16-8-10-20-18(21-16)22-11-14-3-2-9-19(14,12-22)17(23)24/h4-8,10,14H,2-3,9,11-12H2,1H3,(H,23,24)/t14-,19+/m0/s1. The molecule has 2 atom stereocenters. The van der Waals surface area contributed by atoms with Gasteiger partial charge in [-0.1, -0.05) is 6.42 Å². The van der Waals surface area contributed by atoms with Crippen LogP contribution in [0.4, 0.5) is 5.95 Å². The van der Waals surface area contributed by atoms with Crippen molar-refractivity contribution < 1.29 is 14.6 Å². The average molecular weight is 339 g/mol. The highest BCUT2D eigenvalue weighted by molar-refractivity contribution is 5.77. The quantitative estimate of drug-likeness (QED) is 0.923. The average Bonchev–Trinajstić information content (AvgIpc) is 3.20. The molecule has 4 rings (SSSR count). The van der Waals surface area contributed by atoms with Gasteiger partial charge in [0.05, 0.1) is 18.2 Å². The van der Waals surface area contributed by atoms with Crippen molar-refractivity contribution in [2.24, 2.45) is 11.3 Å². The molecule has 0 radical (unpaired) electrons. The number of carboxylic acids is 1. The maximum Gasteiger partial charge on any atom is 0.311 e. The smallest absolute Gasteiger partial charge is 0.311 e. The van der Waals surface area contributed by atoms with Crippen LogP contribution in [0.15, 0.2) is 36.5 Å². The van der Waals surface area contributed by atoms with Crippen LogP contribution in [0, 0.1) is 11.3 Å². The van der Waals surface area contributed by atoms with E-state index in [1.54, 1.807) is 13.3 Å². The van der Waals surface area contributed by atoms with E-state index in [1.807, 2.05) is 35.2 Å². The predicted octanol–water partition coefficient (Wildman–Crippen LogP) is 2.84. The number of aliphatic carboxylic acids is 1. The number of aromatic nitrogens is 2. The Morgan fingerprint density at radius 2 is 2.12 bits per heavy atom. The second kappa shape index (κ2) is 6.02. The molecule has 1 aliphatic heterocycles. The van der Waals surface area contributed by atoms with Crippen molar-refractivity contribution in [3.63, 3.8) is 0 Å². The molecule has 1 aliphatic carbocycles. The number of benzene rings is 1. The predicted molar refractivity (Wildman–Crippen MR) is 93.6 cm³/mol. The maximum absolute atomic E-state index is 11.9. The van der Waals surface area contributed by atoms with Crippen LogP contribution in [0.2, 0.25) is 0 Å². The van der Waals surface area contributed by atoms with Gasteiger partial charge in [-0.05, 0) is 49.1 Å². The highest BCUT2D eigenvalue weighted by atomic mass is 16.5. The van der Waals surface area contributed by atoms with Gasteiger partial charge in [-0.25, -0.2) is 9.97 Å². The Hall–Kier alpha value is -2.63. The Morgan fingerprint density at radius 1 is 1.32 bits per heavy atom. The van der Waals surface area contributed by atoms with E-state index < -0.39 is 11.4 Å². The molecule has 1 N–H and O–H groups in total. The third-order valence-corrected chi connectivity index (χ3v) is 5.61. The van der Waals surface area contributed by atoms with Gasteiger partial charge in [0.1, 0.15) is 5.75 Å². The summed E-state index contributed by atoms with van der Waals surface area (Å²) in [4.78, 5) is 23.0. The normalized spacial score (nSPS) is 25.0. The number of carboxylic acid groups (broad SMARTS) is 1. The Balaban J connectivity index is 1.61. The fourth-order valence-corrected chi connectivity index (χ4v) is 4.21. The van der Waals surface area contributed by atoms with Crippen molar-refractivity contribution >= 4 is 11.9 Å². The Labute approximate surface area is 146 Å². The molecule has 1 saturated carbocycles. The number of anilines is 1. The highest BCUT2D eigenvalue weighted by Gasteiger charge is 2.55. The van der Waals surface area contributed by atoms with Crippen LogP contribution in [-0.4, -0.2) is 41.2 Å². The zero-order valence-electron chi connectivity index (χ0n) is 14.2. The third kappa shape index (κ3) is 2.62. The second-order valence-corrected chi connectivity index (χ2v) is 6.90. The van der Waals surface area contributed by atoms with Gasteiger partial charge in [-0.3, -0.25) is 4.79 Å². The Morgan fingerprint density at radius 3 is 2.80 bits per heavy atom. The van der Waals surface area contributed by atoms with E-state index in [-0.39, 0.29) is 5.92 Å². The Bertz CT molecular complexity index is 793. The van der Waals surface area contributed by atoms with E-state index >= 15 is 0 Å². The van der Waals surface area contributed by atoms with Crippen LogP contribution < -0.4 is 9.64 Å². The van der Waals surface area contributed by atoms with Gasteiger partial charge in [0.2, 0.25) is 5.95 Å². The lowest BCUT2D eigenvalue weighted by atomic mass is 9.81. The molecule has 2 fully saturated rings. The van der Waals surface area contributed by atoms with Gasteiger partial charge in [0.15, 0.2) is 0 Å². The van der Waals surface area contributed by atoms with E-state index in [4.69, 9.17) is 4.74 Å². The summed E-state index contributed by atoms with van der Waals surface area (Å²) in [5.41, 5.74) is 1.19. The molecule has 2 aromatic rings. The van der Waals surface area contributed by atoms with Crippen LogP contribution in [0.25, 0.3) is 11.3 Å². The van der Waals surface area contributed by atoms with Crippen molar-refractivity contribution in [1.29, 1.82) is 0 Å². The summed E-state index contributed by atoms with van der Waals surface area (Å²) in [6.07, 6.45) is 4.46. The monoisotopic (exact) mass is 339 g/mol. The molecule has 6 nitrogen and oxygen atoms in total. The fraction of sp³-hybridized carbons (Fsp3) is 0.421. The van der Waals surface area contributed by atoms with Gasteiger partial charge in [-0.15, -0.1) is 0 Å². The maximum atomic E-state index is 11.9. The molecule has 0 bridgehead atoms. The first-order chi connectivity index (χ1) is 12.1. The molecular formula is C19H21N3O3. The van der Waals surface area contributed by atoms with Gasteiger partial charge < -0.3 is 14.7 Å². The van der Waals surface area contributed by atoms with E-state index in [1.165, 1.54) is 0 Å². The summed E-state index contributed by atoms with van der Waals surface area (Å²) >= 11 is 0. The molecule has 130 valence electrons. The number of nitrogens with zero attached hydrogens (tertiary/aromatic N) is 3. The lowest BCUT2D eigenvalue weighted by Gasteiger charge is -2.23. The minimum absolute atomic E-state index is 0.193. The van der Waals surface area contributed by atoms with Crippen molar-refractivity contribution in [3.8, 4) is 17.0 Å². The Kier molecular flexibility index (Phi) is 3.82. The molecule has 1 aromatic heterocycles. The number of hydrogen-bond donors (Lipinski definition) is 1. The first-order valence-corrected chi connectivity index (χ1v) is 8.58. The van der Waals surface area contributed by atoms with Crippen LogP contribution in [0.3, 0.4) is 0 Å². The van der Waals surface area contributed by atoms with Gasteiger partial charge in [0.25, 0.3) is 0 Å². The molecule has 0 spiro atoms. The molecule has 2 heterocycles. The summed E-state index contributed by atoms with van der Waals surface area (Å²) in [6, 6.07) is 9.59. The zero-order chi connectivity index (χ0) is 17.4. The summed E-state index contributed by atoms with van der Waals surface area (Å²) in [6.45, 7) is 1.22. The third-order valence-electron chi connectivity index (χ3n) is 5.61. The van der Waals surface area contributed by atoms with Crippen LogP contribution in [0.5, 0.6) is 5.75 Å².